The normalized spacial score (nSPS) is 12.8. The Morgan fingerprint density at radius 2 is 2.04 bits per heavy atom. The molecule has 0 spiro atoms. The van der Waals surface area contributed by atoms with Crippen LogP contribution < -0.4 is 10.6 Å². The molecule has 1 aromatic carbocycles. The number of amides is 3. The predicted octanol–water partition coefficient (Wildman–Crippen LogP) is 1.78. The summed E-state index contributed by atoms with van der Waals surface area (Å²) in [6.07, 6.45) is 0.133. The fraction of sp³-hybridized carbons (Fsp3) is 0.312. The molecule has 3 rings (SSSR count). The van der Waals surface area contributed by atoms with Crippen molar-refractivity contribution in [1.29, 1.82) is 0 Å². The van der Waals surface area contributed by atoms with Gasteiger partial charge in [-0.2, -0.15) is 5.10 Å². The summed E-state index contributed by atoms with van der Waals surface area (Å²) in [7, 11) is 0. The van der Waals surface area contributed by atoms with Gasteiger partial charge in [0.05, 0.1) is 25.2 Å². The van der Waals surface area contributed by atoms with Crippen LogP contribution in [0.3, 0.4) is 0 Å². The van der Waals surface area contributed by atoms with Crippen LogP contribution in [0, 0.1) is 5.82 Å². The molecular formula is C16H18FN5O2. The summed E-state index contributed by atoms with van der Waals surface area (Å²) in [5.41, 5.74) is 2.28. The average Bonchev–Trinajstić information content (AvgIpc) is 3.12. The Hall–Kier alpha value is -2.90. The number of benzene rings is 1. The minimum atomic E-state index is -0.337. The monoisotopic (exact) mass is 331 g/mol. The minimum Gasteiger partial charge on any atom is -0.338 e. The zero-order chi connectivity index (χ0) is 17.1. The van der Waals surface area contributed by atoms with Crippen LogP contribution in [0.5, 0.6) is 0 Å². The summed E-state index contributed by atoms with van der Waals surface area (Å²) in [6, 6.07) is 5.63. The summed E-state index contributed by atoms with van der Waals surface area (Å²) in [6.45, 7) is 3.21. The number of hydrogen-bond acceptors (Lipinski definition) is 3. The number of H-pyrrole nitrogens is 1. The largest absolute Gasteiger partial charge is 0.338 e. The number of carbonyl (C=O) groups is 2. The summed E-state index contributed by atoms with van der Waals surface area (Å²) in [4.78, 5) is 25.6. The Balaban J connectivity index is 1.63. The van der Waals surface area contributed by atoms with Crippen molar-refractivity contribution in [2.75, 3.05) is 11.9 Å². The predicted molar refractivity (Wildman–Crippen MR) is 85.6 cm³/mol. The van der Waals surface area contributed by atoms with E-state index >= 15 is 0 Å². The molecular weight excluding hydrogens is 313 g/mol. The van der Waals surface area contributed by atoms with E-state index in [0.29, 0.717) is 31.0 Å². The molecule has 0 aliphatic carbocycles. The van der Waals surface area contributed by atoms with Gasteiger partial charge in [0.15, 0.2) is 0 Å². The van der Waals surface area contributed by atoms with Crippen LogP contribution in [0.2, 0.25) is 0 Å². The van der Waals surface area contributed by atoms with Gasteiger partial charge in [-0.15, -0.1) is 0 Å². The first-order valence-electron chi connectivity index (χ1n) is 7.70. The number of carbonyl (C=O) groups excluding carboxylic acids is 2. The van der Waals surface area contributed by atoms with E-state index in [2.05, 4.69) is 20.8 Å². The molecule has 3 amide bonds. The van der Waals surface area contributed by atoms with Gasteiger partial charge < -0.3 is 15.5 Å². The highest BCUT2D eigenvalue weighted by Crippen LogP contribution is 2.27. The molecule has 126 valence electrons. The van der Waals surface area contributed by atoms with Crippen molar-refractivity contribution in [3.63, 3.8) is 0 Å². The van der Waals surface area contributed by atoms with E-state index in [-0.39, 0.29) is 24.2 Å². The van der Waals surface area contributed by atoms with Crippen molar-refractivity contribution >= 4 is 17.8 Å². The molecule has 0 saturated heterocycles. The summed E-state index contributed by atoms with van der Waals surface area (Å²) in [5.74, 6) is -0.0654. The molecule has 1 aromatic heterocycles. The van der Waals surface area contributed by atoms with E-state index < -0.39 is 0 Å². The number of aromatic amines is 1. The Morgan fingerprint density at radius 1 is 1.29 bits per heavy atom. The van der Waals surface area contributed by atoms with E-state index in [0.717, 1.165) is 11.3 Å². The Kier molecular flexibility index (Phi) is 4.45. The van der Waals surface area contributed by atoms with Crippen LogP contribution in [-0.2, 0) is 24.3 Å². The molecule has 0 atom stereocenters. The molecule has 8 heteroatoms. The van der Waals surface area contributed by atoms with E-state index in [4.69, 9.17) is 0 Å². The third-order valence-electron chi connectivity index (χ3n) is 3.80. The molecule has 0 fully saturated rings. The maximum atomic E-state index is 12.9. The second kappa shape index (κ2) is 6.69. The molecule has 24 heavy (non-hydrogen) atoms. The number of nitrogens with one attached hydrogen (secondary N) is 3. The van der Waals surface area contributed by atoms with Gasteiger partial charge in [-0.05, 0) is 24.6 Å². The zero-order valence-corrected chi connectivity index (χ0v) is 13.2. The number of fused-ring (bicyclic) bond motifs is 1. The first-order valence-corrected chi connectivity index (χ1v) is 7.70. The number of nitrogens with zero attached hydrogens (tertiary/aromatic N) is 2. The zero-order valence-electron chi connectivity index (χ0n) is 13.2. The fourth-order valence-electron chi connectivity index (χ4n) is 2.61. The van der Waals surface area contributed by atoms with Gasteiger partial charge in [0.1, 0.15) is 11.6 Å². The molecule has 1 aliphatic rings. The van der Waals surface area contributed by atoms with Crippen molar-refractivity contribution in [1.82, 2.24) is 20.4 Å². The van der Waals surface area contributed by atoms with E-state index in [1.54, 1.807) is 17.0 Å². The lowest BCUT2D eigenvalue weighted by Crippen LogP contribution is -2.36. The lowest BCUT2D eigenvalue weighted by molar-refractivity contribution is -0.115. The number of rotatable bonds is 4. The van der Waals surface area contributed by atoms with Crippen LogP contribution in [0.15, 0.2) is 24.3 Å². The second-order valence-electron chi connectivity index (χ2n) is 5.57. The second-order valence-corrected chi connectivity index (χ2v) is 5.57. The summed E-state index contributed by atoms with van der Waals surface area (Å²) in [5, 5.41) is 12.5. The van der Waals surface area contributed by atoms with Crippen molar-refractivity contribution < 1.29 is 14.0 Å². The molecule has 0 radical (unpaired) electrons. The van der Waals surface area contributed by atoms with E-state index in [9.17, 15) is 14.0 Å². The first-order chi connectivity index (χ1) is 11.6. The molecule has 3 N–H and O–H groups in total. The van der Waals surface area contributed by atoms with E-state index in [1.165, 1.54) is 12.1 Å². The van der Waals surface area contributed by atoms with Gasteiger partial charge in [0, 0.05) is 12.1 Å². The van der Waals surface area contributed by atoms with Crippen molar-refractivity contribution in [3.8, 4) is 0 Å². The number of urea groups is 1. The molecule has 2 aromatic rings. The van der Waals surface area contributed by atoms with Crippen LogP contribution in [0.4, 0.5) is 15.0 Å². The topological polar surface area (TPSA) is 90.1 Å². The van der Waals surface area contributed by atoms with Crippen molar-refractivity contribution in [3.05, 3.63) is 46.9 Å². The lowest BCUT2D eigenvalue weighted by Gasteiger charge is -2.15. The van der Waals surface area contributed by atoms with Crippen molar-refractivity contribution in [2.45, 2.75) is 26.4 Å². The lowest BCUT2D eigenvalue weighted by atomic mass is 10.1. The smallest absolute Gasteiger partial charge is 0.318 e. The molecule has 1 aliphatic heterocycles. The number of halogens is 1. The highest BCUT2D eigenvalue weighted by atomic mass is 19.1. The van der Waals surface area contributed by atoms with Gasteiger partial charge in [-0.3, -0.25) is 9.89 Å². The number of anilines is 1. The highest BCUT2D eigenvalue weighted by Gasteiger charge is 2.28. The third kappa shape index (κ3) is 3.37. The van der Waals surface area contributed by atoms with E-state index in [1.807, 2.05) is 6.92 Å². The van der Waals surface area contributed by atoms with Crippen LogP contribution in [-0.4, -0.2) is 33.6 Å². The number of aromatic nitrogens is 2. The summed E-state index contributed by atoms with van der Waals surface area (Å²) >= 11 is 0. The maximum Gasteiger partial charge on any atom is 0.318 e. The molecule has 0 bridgehead atoms. The quantitative estimate of drug-likeness (QED) is 0.797. The molecule has 2 heterocycles. The molecule has 0 saturated carbocycles. The molecule has 7 nitrogen and oxygen atoms in total. The van der Waals surface area contributed by atoms with Gasteiger partial charge >= 0.3 is 6.03 Å². The standard InChI is InChI=1S/C16H18FN5O2/c1-2-18-16(24)22-8-12-13(9-22)20-21-15(12)19-14(23)7-10-3-5-11(17)6-4-10/h3-6H,2,7-9H2,1H3,(H,18,24)(H2,19,20,21,23). The van der Waals surface area contributed by atoms with Crippen LogP contribution >= 0.6 is 0 Å². The average molecular weight is 331 g/mol. The Bertz CT molecular complexity index is 756. The van der Waals surface area contributed by atoms with Gasteiger partial charge in [0.2, 0.25) is 5.91 Å². The highest BCUT2D eigenvalue weighted by molar-refractivity contribution is 5.92. The summed E-state index contributed by atoms with van der Waals surface area (Å²) < 4.78 is 12.9. The first kappa shape index (κ1) is 16.0. The van der Waals surface area contributed by atoms with Crippen molar-refractivity contribution in [2.24, 2.45) is 0 Å². The number of hydrogen-bond donors (Lipinski definition) is 3. The molecule has 0 unspecified atom stereocenters. The SMILES string of the molecule is CCNC(=O)N1Cc2n[nH]c(NC(=O)Cc3ccc(F)cc3)c2C1. The van der Waals surface area contributed by atoms with Crippen LogP contribution in [0.25, 0.3) is 0 Å². The van der Waals surface area contributed by atoms with Gasteiger partial charge in [-0.25, -0.2) is 9.18 Å². The fourth-order valence-corrected chi connectivity index (χ4v) is 2.61. The maximum absolute atomic E-state index is 12.9. The van der Waals surface area contributed by atoms with Crippen LogP contribution in [0.1, 0.15) is 23.7 Å². The Morgan fingerprint density at radius 3 is 2.75 bits per heavy atom. The van der Waals surface area contributed by atoms with Gasteiger partial charge in [-0.1, -0.05) is 12.1 Å². The minimum absolute atomic E-state index is 0.133. The third-order valence-corrected chi connectivity index (χ3v) is 3.80. The Labute approximate surface area is 138 Å². The van der Waals surface area contributed by atoms with Gasteiger partial charge in [0.25, 0.3) is 0 Å².